The van der Waals surface area contributed by atoms with Gasteiger partial charge in [-0.3, -0.25) is 9.78 Å². The van der Waals surface area contributed by atoms with Crippen LogP contribution in [0.5, 0.6) is 11.5 Å². The quantitative estimate of drug-likeness (QED) is 0.761. The highest BCUT2D eigenvalue weighted by Crippen LogP contribution is 2.32. The number of rotatable bonds is 4. The van der Waals surface area contributed by atoms with Crippen LogP contribution in [0.2, 0.25) is 0 Å². The van der Waals surface area contributed by atoms with Crippen molar-refractivity contribution in [1.29, 1.82) is 0 Å². The number of benzene rings is 2. The highest BCUT2D eigenvalue weighted by molar-refractivity contribution is 5.97. The molecule has 5 nitrogen and oxygen atoms in total. The number of carbonyl (C=O) groups is 1. The monoisotopic (exact) mass is 346 g/mol. The summed E-state index contributed by atoms with van der Waals surface area (Å²) in [5, 5.41) is 13.3. The van der Waals surface area contributed by atoms with Crippen LogP contribution in [0.15, 0.2) is 73.1 Å². The van der Waals surface area contributed by atoms with Crippen LogP contribution in [0.3, 0.4) is 0 Å². The molecule has 26 heavy (non-hydrogen) atoms. The van der Waals surface area contributed by atoms with Gasteiger partial charge in [0.1, 0.15) is 11.5 Å². The van der Waals surface area contributed by atoms with Crippen molar-refractivity contribution in [3.63, 3.8) is 0 Å². The predicted octanol–water partition coefficient (Wildman–Crippen LogP) is 3.26. The third-order valence-electron chi connectivity index (χ3n) is 4.48. The van der Waals surface area contributed by atoms with Crippen molar-refractivity contribution in [2.75, 3.05) is 0 Å². The molecule has 4 rings (SSSR count). The van der Waals surface area contributed by atoms with Crippen LogP contribution in [-0.2, 0) is 6.42 Å². The fourth-order valence-corrected chi connectivity index (χ4v) is 3.24. The second-order valence-electron chi connectivity index (χ2n) is 6.21. The van der Waals surface area contributed by atoms with Crippen molar-refractivity contribution in [2.45, 2.75) is 18.6 Å². The van der Waals surface area contributed by atoms with Crippen LogP contribution >= 0.6 is 0 Å². The van der Waals surface area contributed by atoms with Gasteiger partial charge in [0.2, 0.25) is 0 Å². The summed E-state index contributed by atoms with van der Waals surface area (Å²) in [6, 6.07) is 17.9. The second-order valence-corrected chi connectivity index (χ2v) is 6.21. The lowest BCUT2D eigenvalue weighted by Crippen LogP contribution is -2.34. The predicted molar refractivity (Wildman–Crippen MR) is 97.1 cm³/mol. The number of ether oxygens (including phenoxy) is 1. The maximum absolute atomic E-state index is 12.8. The zero-order valence-corrected chi connectivity index (χ0v) is 14.0. The van der Waals surface area contributed by atoms with Crippen LogP contribution < -0.4 is 10.1 Å². The summed E-state index contributed by atoms with van der Waals surface area (Å²) in [6.07, 6.45) is 3.15. The maximum Gasteiger partial charge on any atom is 0.255 e. The van der Waals surface area contributed by atoms with Crippen LogP contribution in [0, 0.1) is 0 Å². The van der Waals surface area contributed by atoms with Gasteiger partial charge in [-0.1, -0.05) is 36.4 Å². The zero-order chi connectivity index (χ0) is 17.9. The molecule has 0 bridgehead atoms. The van der Waals surface area contributed by atoms with E-state index >= 15 is 0 Å². The Morgan fingerprint density at radius 2 is 1.88 bits per heavy atom. The number of para-hydroxylation sites is 1. The standard InChI is InChI=1S/C21H18N2O3/c24-18-12-14-6-1-2-8-16(14)20(18)23-21(25)17-9-3-4-10-19(17)26-15-7-5-11-22-13-15/h1-11,13,18,20,24H,12H2,(H,23,25)/t18-,20+/m1/s1. The van der Waals surface area contributed by atoms with Crippen LogP contribution in [0.25, 0.3) is 0 Å². The number of fused-ring (bicyclic) bond motifs is 1. The molecule has 1 amide bonds. The maximum atomic E-state index is 12.8. The summed E-state index contributed by atoms with van der Waals surface area (Å²) >= 11 is 0. The number of pyridine rings is 1. The molecule has 1 heterocycles. The number of nitrogens with zero attached hydrogens (tertiary/aromatic N) is 1. The van der Waals surface area contributed by atoms with E-state index < -0.39 is 12.1 Å². The van der Waals surface area contributed by atoms with E-state index in [1.165, 1.54) is 0 Å². The van der Waals surface area contributed by atoms with Gasteiger partial charge >= 0.3 is 0 Å². The molecule has 2 aromatic carbocycles. The molecule has 3 aromatic rings. The molecule has 0 spiro atoms. The normalized spacial score (nSPS) is 18.2. The molecule has 1 aliphatic carbocycles. The topological polar surface area (TPSA) is 71.5 Å². The Kier molecular flexibility index (Phi) is 4.37. The van der Waals surface area contributed by atoms with Crippen LogP contribution in [-0.4, -0.2) is 22.1 Å². The average Bonchev–Trinajstić information content (AvgIpc) is 2.98. The zero-order valence-electron chi connectivity index (χ0n) is 14.0. The largest absolute Gasteiger partial charge is 0.455 e. The van der Waals surface area contributed by atoms with Crippen LogP contribution in [0.1, 0.15) is 27.5 Å². The molecule has 5 heteroatoms. The smallest absolute Gasteiger partial charge is 0.255 e. The summed E-state index contributed by atoms with van der Waals surface area (Å²) in [7, 11) is 0. The summed E-state index contributed by atoms with van der Waals surface area (Å²) in [5.74, 6) is 0.711. The molecular weight excluding hydrogens is 328 g/mol. The van der Waals surface area contributed by atoms with E-state index in [-0.39, 0.29) is 5.91 Å². The van der Waals surface area contributed by atoms with Gasteiger partial charge in [-0.15, -0.1) is 0 Å². The molecule has 0 saturated carbocycles. The van der Waals surface area contributed by atoms with E-state index in [1.807, 2.05) is 30.3 Å². The van der Waals surface area contributed by atoms with E-state index in [1.54, 1.807) is 42.7 Å². The Hall–Kier alpha value is -3.18. The lowest BCUT2D eigenvalue weighted by molar-refractivity contribution is 0.0856. The molecular formula is C21H18N2O3. The SMILES string of the molecule is O=C(N[C@H]1c2ccccc2C[C@H]1O)c1ccccc1Oc1cccnc1. The third-order valence-corrected chi connectivity index (χ3v) is 4.48. The van der Waals surface area contributed by atoms with Crippen molar-refractivity contribution >= 4 is 5.91 Å². The number of nitrogens with one attached hydrogen (secondary N) is 1. The van der Waals surface area contributed by atoms with Gasteiger partial charge in [0, 0.05) is 12.6 Å². The van der Waals surface area contributed by atoms with Crippen molar-refractivity contribution in [2.24, 2.45) is 0 Å². The average molecular weight is 346 g/mol. The first-order valence-corrected chi connectivity index (χ1v) is 8.46. The number of aliphatic hydroxyl groups is 1. The molecule has 0 fully saturated rings. The van der Waals surface area contributed by atoms with Gasteiger partial charge < -0.3 is 15.2 Å². The number of aromatic nitrogens is 1. The third kappa shape index (κ3) is 3.17. The number of hydrogen-bond donors (Lipinski definition) is 2. The van der Waals surface area contributed by atoms with Gasteiger partial charge in [-0.05, 0) is 35.4 Å². The molecule has 0 unspecified atom stereocenters. The molecule has 1 aliphatic rings. The summed E-state index contributed by atoms with van der Waals surface area (Å²) < 4.78 is 5.81. The van der Waals surface area contributed by atoms with Gasteiger partial charge in [0.05, 0.1) is 23.9 Å². The Morgan fingerprint density at radius 3 is 2.73 bits per heavy atom. The molecule has 2 N–H and O–H groups in total. The molecule has 1 aromatic heterocycles. The molecule has 2 atom stereocenters. The Labute approximate surface area is 151 Å². The fraction of sp³-hybridized carbons (Fsp3) is 0.143. The lowest BCUT2D eigenvalue weighted by atomic mass is 10.1. The van der Waals surface area contributed by atoms with Crippen LogP contribution in [0.4, 0.5) is 0 Å². The first kappa shape index (κ1) is 16.3. The number of hydrogen-bond acceptors (Lipinski definition) is 4. The van der Waals surface area contributed by atoms with E-state index in [0.717, 1.165) is 11.1 Å². The van der Waals surface area contributed by atoms with E-state index in [9.17, 15) is 9.90 Å². The second kappa shape index (κ2) is 6.98. The minimum Gasteiger partial charge on any atom is -0.455 e. The molecule has 0 saturated heterocycles. The molecule has 0 aliphatic heterocycles. The van der Waals surface area contributed by atoms with E-state index in [0.29, 0.717) is 23.5 Å². The Bertz CT molecular complexity index is 927. The Balaban J connectivity index is 1.58. The number of amides is 1. The highest BCUT2D eigenvalue weighted by atomic mass is 16.5. The van der Waals surface area contributed by atoms with E-state index in [4.69, 9.17) is 4.74 Å². The van der Waals surface area contributed by atoms with Crippen molar-refractivity contribution in [1.82, 2.24) is 10.3 Å². The van der Waals surface area contributed by atoms with Gasteiger partial charge in [-0.2, -0.15) is 0 Å². The molecule has 130 valence electrons. The first-order chi connectivity index (χ1) is 12.7. The molecule has 0 radical (unpaired) electrons. The fourth-order valence-electron chi connectivity index (χ4n) is 3.24. The summed E-state index contributed by atoms with van der Waals surface area (Å²) in [6.45, 7) is 0. The van der Waals surface area contributed by atoms with Gasteiger partial charge in [0.15, 0.2) is 0 Å². The van der Waals surface area contributed by atoms with Crippen molar-refractivity contribution in [3.8, 4) is 11.5 Å². The minimum atomic E-state index is -0.636. The van der Waals surface area contributed by atoms with Gasteiger partial charge in [0.25, 0.3) is 5.91 Å². The number of aliphatic hydroxyl groups excluding tert-OH is 1. The van der Waals surface area contributed by atoms with Crippen molar-refractivity contribution in [3.05, 3.63) is 89.7 Å². The summed E-state index contributed by atoms with van der Waals surface area (Å²) in [5.41, 5.74) is 2.43. The highest BCUT2D eigenvalue weighted by Gasteiger charge is 2.32. The van der Waals surface area contributed by atoms with Gasteiger partial charge in [-0.25, -0.2) is 0 Å². The number of carbonyl (C=O) groups excluding carboxylic acids is 1. The van der Waals surface area contributed by atoms with E-state index in [2.05, 4.69) is 10.3 Å². The first-order valence-electron chi connectivity index (χ1n) is 8.46. The Morgan fingerprint density at radius 1 is 1.08 bits per heavy atom. The summed E-state index contributed by atoms with van der Waals surface area (Å²) in [4.78, 5) is 16.9. The van der Waals surface area contributed by atoms with Crippen molar-refractivity contribution < 1.29 is 14.6 Å². The lowest BCUT2D eigenvalue weighted by Gasteiger charge is -2.19. The minimum absolute atomic E-state index is 0.287.